The Morgan fingerprint density at radius 3 is 2.25 bits per heavy atom. The monoisotopic (exact) mass is 360 g/mol. The van der Waals surface area contributed by atoms with E-state index in [2.05, 4.69) is 31.9 Å². The SMILES string of the molecule is Clc1cccc(Br)c1Oc1ccccc1Br. The van der Waals surface area contributed by atoms with Crippen molar-refractivity contribution in [3.8, 4) is 11.5 Å². The fourth-order valence-corrected chi connectivity index (χ4v) is 2.36. The Labute approximate surface area is 116 Å². The molecular formula is C12H7Br2ClO. The highest BCUT2D eigenvalue weighted by atomic mass is 79.9. The zero-order chi connectivity index (χ0) is 11.5. The fourth-order valence-electron chi connectivity index (χ4n) is 1.22. The summed E-state index contributed by atoms with van der Waals surface area (Å²) < 4.78 is 7.46. The van der Waals surface area contributed by atoms with Gasteiger partial charge in [0.25, 0.3) is 0 Å². The first kappa shape index (κ1) is 12.0. The van der Waals surface area contributed by atoms with Crippen LogP contribution < -0.4 is 4.74 Å². The second-order valence-corrected chi connectivity index (χ2v) is 5.20. The van der Waals surface area contributed by atoms with Crippen LogP contribution in [0.25, 0.3) is 0 Å². The molecule has 0 saturated carbocycles. The zero-order valence-corrected chi connectivity index (χ0v) is 12.0. The maximum absolute atomic E-state index is 6.06. The topological polar surface area (TPSA) is 9.23 Å². The van der Waals surface area contributed by atoms with Crippen molar-refractivity contribution >= 4 is 43.5 Å². The van der Waals surface area contributed by atoms with Crippen molar-refractivity contribution in [2.75, 3.05) is 0 Å². The van der Waals surface area contributed by atoms with Gasteiger partial charge < -0.3 is 4.74 Å². The predicted octanol–water partition coefficient (Wildman–Crippen LogP) is 5.66. The largest absolute Gasteiger partial charge is 0.453 e. The highest BCUT2D eigenvalue weighted by Gasteiger charge is 2.08. The van der Waals surface area contributed by atoms with Crippen molar-refractivity contribution in [3.05, 3.63) is 56.4 Å². The lowest BCUT2D eigenvalue weighted by atomic mass is 10.3. The van der Waals surface area contributed by atoms with Gasteiger partial charge in [0, 0.05) is 0 Å². The minimum absolute atomic E-state index is 0.574. The number of halogens is 3. The summed E-state index contributed by atoms with van der Waals surface area (Å²) >= 11 is 12.9. The quantitative estimate of drug-likeness (QED) is 0.670. The van der Waals surface area contributed by atoms with Crippen LogP contribution in [-0.4, -0.2) is 0 Å². The molecule has 0 heterocycles. The van der Waals surface area contributed by atoms with Crippen molar-refractivity contribution in [1.29, 1.82) is 0 Å². The van der Waals surface area contributed by atoms with E-state index in [-0.39, 0.29) is 0 Å². The smallest absolute Gasteiger partial charge is 0.160 e. The van der Waals surface area contributed by atoms with Gasteiger partial charge in [-0.1, -0.05) is 29.8 Å². The van der Waals surface area contributed by atoms with Crippen LogP contribution in [0.1, 0.15) is 0 Å². The van der Waals surface area contributed by atoms with Gasteiger partial charge in [0.1, 0.15) is 5.75 Å². The van der Waals surface area contributed by atoms with Crippen LogP contribution in [0.3, 0.4) is 0 Å². The van der Waals surface area contributed by atoms with E-state index in [9.17, 15) is 0 Å². The number of para-hydroxylation sites is 2. The van der Waals surface area contributed by atoms with Crippen LogP contribution in [0.2, 0.25) is 5.02 Å². The third-order valence-corrected chi connectivity index (χ3v) is 3.54. The summed E-state index contributed by atoms with van der Waals surface area (Å²) in [5, 5.41) is 0.574. The van der Waals surface area contributed by atoms with Crippen LogP contribution in [0, 0.1) is 0 Å². The van der Waals surface area contributed by atoms with Crippen LogP contribution >= 0.6 is 43.5 Å². The minimum Gasteiger partial charge on any atom is -0.453 e. The molecule has 0 saturated heterocycles. The van der Waals surface area contributed by atoms with E-state index in [1.54, 1.807) is 6.07 Å². The Morgan fingerprint density at radius 1 is 0.875 bits per heavy atom. The van der Waals surface area contributed by atoms with Gasteiger partial charge in [0.2, 0.25) is 0 Å². The molecule has 0 unspecified atom stereocenters. The van der Waals surface area contributed by atoms with E-state index in [4.69, 9.17) is 16.3 Å². The van der Waals surface area contributed by atoms with Crippen molar-refractivity contribution in [1.82, 2.24) is 0 Å². The second kappa shape index (κ2) is 5.21. The van der Waals surface area contributed by atoms with Crippen molar-refractivity contribution in [3.63, 3.8) is 0 Å². The van der Waals surface area contributed by atoms with Gasteiger partial charge in [-0.15, -0.1) is 0 Å². The molecule has 0 atom stereocenters. The first-order valence-electron chi connectivity index (χ1n) is 4.55. The molecule has 2 rings (SSSR count). The predicted molar refractivity (Wildman–Crippen MR) is 73.4 cm³/mol. The van der Waals surface area contributed by atoms with Crippen molar-refractivity contribution in [2.24, 2.45) is 0 Å². The van der Waals surface area contributed by atoms with E-state index in [0.29, 0.717) is 10.8 Å². The average Bonchev–Trinajstić information content (AvgIpc) is 2.26. The standard InChI is InChI=1S/C12H7Br2ClO/c13-8-4-1-2-7-11(8)16-12-9(14)5-3-6-10(12)15/h1-7H. The van der Waals surface area contributed by atoms with Gasteiger partial charge in [-0.2, -0.15) is 0 Å². The number of hydrogen-bond acceptors (Lipinski definition) is 1. The molecule has 0 aliphatic heterocycles. The molecule has 82 valence electrons. The third kappa shape index (κ3) is 2.59. The molecule has 2 aromatic carbocycles. The summed E-state index contributed by atoms with van der Waals surface area (Å²) in [5.41, 5.74) is 0. The molecule has 1 nitrogen and oxygen atoms in total. The lowest BCUT2D eigenvalue weighted by molar-refractivity contribution is 0.477. The Morgan fingerprint density at radius 2 is 1.56 bits per heavy atom. The van der Waals surface area contributed by atoms with E-state index < -0.39 is 0 Å². The molecule has 4 heteroatoms. The highest BCUT2D eigenvalue weighted by Crippen LogP contribution is 2.38. The van der Waals surface area contributed by atoms with Crippen molar-refractivity contribution < 1.29 is 4.74 Å². The van der Waals surface area contributed by atoms with Crippen LogP contribution in [0.4, 0.5) is 0 Å². The normalized spacial score (nSPS) is 10.2. The second-order valence-electron chi connectivity index (χ2n) is 3.08. The summed E-state index contributed by atoms with van der Waals surface area (Å²) in [6.45, 7) is 0. The van der Waals surface area contributed by atoms with Gasteiger partial charge in [0.05, 0.1) is 14.0 Å². The van der Waals surface area contributed by atoms with E-state index in [0.717, 1.165) is 14.7 Å². The van der Waals surface area contributed by atoms with E-state index in [1.807, 2.05) is 36.4 Å². The van der Waals surface area contributed by atoms with Gasteiger partial charge in [-0.3, -0.25) is 0 Å². The molecule has 0 aliphatic carbocycles. The van der Waals surface area contributed by atoms with Crippen LogP contribution in [-0.2, 0) is 0 Å². The lowest BCUT2D eigenvalue weighted by Crippen LogP contribution is -1.87. The molecule has 0 fully saturated rings. The summed E-state index contributed by atoms with van der Waals surface area (Å²) in [7, 11) is 0. The minimum atomic E-state index is 0.574. The molecule has 2 aromatic rings. The Hall–Kier alpha value is -0.510. The Kier molecular flexibility index (Phi) is 3.90. The fraction of sp³-hybridized carbons (Fsp3) is 0. The number of benzene rings is 2. The van der Waals surface area contributed by atoms with E-state index in [1.165, 1.54) is 0 Å². The summed E-state index contributed by atoms with van der Waals surface area (Å²) in [4.78, 5) is 0. The molecule has 0 N–H and O–H groups in total. The first-order chi connectivity index (χ1) is 7.68. The summed E-state index contributed by atoms with van der Waals surface area (Å²) in [5.74, 6) is 1.35. The number of rotatable bonds is 2. The molecular weight excluding hydrogens is 355 g/mol. The molecule has 16 heavy (non-hydrogen) atoms. The summed E-state index contributed by atoms with van der Waals surface area (Å²) in [6.07, 6.45) is 0. The van der Waals surface area contributed by atoms with Crippen molar-refractivity contribution in [2.45, 2.75) is 0 Å². The highest BCUT2D eigenvalue weighted by molar-refractivity contribution is 9.11. The number of ether oxygens (including phenoxy) is 1. The van der Waals surface area contributed by atoms with Gasteiger partial charge in [-0.25, -0.2) is 0 Å². The molecule has 0 radical (unpaired) electrons. The molecule has 0 aromatic heterocycles. The van der Waals surface area contributed by atoms with Gasteiger partial charge in [0.15, 0.2) is 5.75 Å². The molecule has 0 aliphatic rings. The Balaban J connectivity index is 2.38. The van der Waals surface area contributed by atoms with Gasteiger partial charge >= 0.3 is 0 Å². The molecule has 0 spiro atoms. The maximum Gasteiger partial charge on any atom is 0.160 e. The van der Waals surface area contributed by atoms with Crippen LogP contribution in [0.5, 0.6) is 11.5 Å². The van der Waals surface area contributed by atoms with Crippen LogP contribution in [0.15, 0.2) is 51.4 Å². The first-order valence-corrected chi connectivity index (χ1v) is 6.51. The average molecular weight is 362 g/mol. The maximum atomic E-state index is 6.06. The lowest BCUT2D eigenvalue weighted by Gasteiger charge is -2.10. The number of hydrogen-bond donors (Lipinski definition) is 0. The molecule has 0 bridgehead atoms. The molecule has 0 amide bonds. The van der Waals surface area contributed by atoms with E-state index >= 15 is 0 Å². The summed E-state index contributed by atoms with van der Waals surface area (Å²) in [6, 6.07) is 13.2. The zero-order valence-electron chi connectivity index (χ0n) is 8.08. The van der Waals surface area contributed by atoms with Gasteiger partial charge in [-0.05, 0) is 56.1 Å². The third-order valence-electron chi connectivity index (χ3n) is 1.97. The Bertz CT molecular complexity index is 494.